The third-order valence-electron chi connectivity index (χ3n) is 7.08. The first kappa shape index (κ1) is 19.9. The minimum atomic E-state index is -0.328. The van der Waals surface area contributed by atoms with Crippen LogP contribution in [0.2, 0.25) is 0 Å². The molecule has 0 fully saturated rings. The third-order valence-corrected chi connectivity index (χ3v) is 7.08. The summed E-state index contributed by atoms with van der Waals surface area (Å²) in [6, 6.07) is 22.0. The van der Waals surface area contributed by atoms with Crippen LogP contribution in [0.25, 0.3) is 21.9 Å². The molecule has 5 heteroatoms. The molecule has 1 aliphatic rings. The normalized spacial score (nSPS) is 16.2. The zero-order chi connectivity index (χ0) is 22.9. The van der Waals surface area contributed by atoms with Gasteiger partial charge < -0.3 is 13.7 Å². The van der Waals surface area contributed by atoms with Crippen molar-refractivity contribution in [1.29, 1.82) is 0 Å². The van der Waals surface area contributed by atoms with Crippen molar-refractivity contribution >= 4 is 39.3 Å². The molecule has 0 aliphatic carbocycles. The van der Waals surface area contributed by atoms with Gasteiger partial charge >= 0.3 is 6.01 Å². The molecule has 0 spiro atoms. The van der Waals surface area contributed by atoms with Crippen molar-refractivity contribution in [3.8, 4) is 0 Å². The van der Waals surface area contributed by atoms with Gasteiger partial charge in [0.25, 0.3) is 0 Å². The lowest BCUT2D eigenvalue weighted by Gasteiger charge is -2.41. The highest BCUT2D eigenvalue weighted by atomic mass is 16.4. The summed E-state index contributed by atoms with van der Waals surface area (Å²) in [5.74, 6) is 0. The smallest absolute Gasteiger partial charge is 0.456 e. The van der Waals surface area contributed by atoms with Crippen LogP contribution in [0.4, 0.5) is 17.4 Å². The van der Waals surface area contributed by atoms with E-state index in [0.29, 0.717) is 0 Å². The van der Waals surface area contributed by atoms with Crippen LogP contribution in [0, 0.1) is 6.92 Å². The summed E-state index contributed by atoms with van der Waals surface area (Å²) in [6.45, 7) is 9.08. The number of para-hydroxylation sites is 3. The van der Waals surface area contributed by atoms with Gasteiger partial charge in [-0.1, -0.05) is 36.4 Å². The molecule has 3 aromatic carbocycles. The molecule has 0 bridgehead atoms. The molecule has 2 aromatic heterocycles. The van der Waals surface area contributed by atoms with Crippen LogP contribution in [-0.2, 0) is 12.6 Å². The molecule has 0 N–H and O–H groups in total. The molecule has 166 valence electrons. The number of aryl methyl sites for hydroxylation is 2. The van der Waals surface area contributed by atoms with E-state index in [4.69, 9.17) is 8.83 Å². The number of hydrogen-bond acceptors (Lipinski definition) is 4. The van der Waals surface area contributed by atoms with Crippen LogP contribution in [-0.4, -0.2) is 6.17 Å². The number of benzene rings is 3. The van der Waals surface area contributed by atoms with Gasteiger partial charge in [-0.2, -0.15) is 4.90 Å². The Balaban J connectivity index is 1.61. The molecule has 3 heterocycles. The number of nitrogens with zero attached hydrogens (tertiary/aromatic N) is 3. The van der Waals surface area contributed by atoms with Crippen molar-refractivity contribution in [2.24, 2.45) is 7.05 Å². The van der Waals surface area contributed by atoms with Crippen molar-refractivity contribution in [3.05, 3.63) is 84.3 Å². The van der Waals surface area contributed by atoms with Crippen LogP contribution >= 0.6 is 0 Å². The fourth-order valence-electron chi connectivity index (χ4n) is 5.81. The Labute approximate surface area is 193 Å². The van der Waals surface area contributed by atoms with Gasteiger partial charge in [-0.25, -0.2) is 4.57 Å². The molecule has 0 saturated heterocycles. The molecule has 0 saturated carbocycles. The van der Waals surface area contributed by atoms with Crippen LogP contribution in [0.5, 0.6) is 0 Å². The average molecular weight is 439 g/mol. The van der Waals surface area contributed by atoms with E-state index in [1.807, 2.05) is 29.9 Å². The number of anilines is 3. The lowest BCUT2D eigenvalue weighted by molar-refractivity contribution is -0.660. The lowest BCUT2D eigenvalue weighted by atomic mass is 9.84. The summed E-state index contributed by atoms with van der Waals surface area (Å²) in [7, 11) is 2.02. The molecule has 5 nitrogen and oxygen atoms in total. The van der Waals surface area contributed by atoms with E-state index in [-0.39, 0.29) is 11.7 Å². The zero-order valence-electron chi connectivity index (χ0n) is 19.7. The first-order chi connectivity index (χ1) is 15.9. The topological polar surface area (TPSA) is 36.6 Å². The van der Waals surface area contributed by atoms with Gasteiger partial charge in [-0.05, 0) is 63.1 Å². The first-order valence-electron chi connectivity index (χ1n) is 11.4. The molecule has 33 heavy (non-hydrogen) atoms. The lowest BCUT2D eigenvalue weighted by Crippen LogP contribution is -2.51. The minimum Gasteiger partial charge on any atom is -0.456 e. The Morgan fingerprint density at radius 3 is 2.39 bits per heavy atom. The van der Waals surface area contributed by atoms with Gasteiger partial charge in [-0.15, -0.1) is 0 Å². The second kappa shape index (κ2) is 6.88. The summed E-state index contributed by atoms with van der Waals surface area (Å²) < 4.78 is 14.2. The maximum absolute atomic E-state index is 6.25. The molecule has 1 atom stereocenters. The van der Waals surface area contributed by atoms with Gasteiger partial charge in [0.1, 0.15) is 23.6 Å². The fourth-order valence-corrected chi connectivity index (χ4v) is 5.81. The molecule has 0 amide bonds. The zero-order valence-corrected chi connectivity index (χ0v) is 19.7. The van der Waals surface area contributed by atoms with Crippen molar-refractivity contribution < 1.29 is 13.4 Å². The van der Waals surface area contributed by atoms with Crippen LogP contribution < -0.4 is 14.4 Å². The monoisotopic (exact) mass is 438 g/mol. The molecular formula is C28H28N3O2+. The average Bonchev–Trinajstić information content (AvgIpc) is 3.46. The molecule has 0 unspecified atom stereocenters. The van der Waals surface area contributed by atoms with Gasteiger partial charge in [0.05, 0.1) is 18.3 Å². The van der Waals surface area contributed by atoms with E-state index in [0.717, 1.165) is 28.3 Å². The Bertz CT molecular complexity index is 1510. The van der Waals surface area contributed by atoms with Gasteiger partial charge in [-0.3, -0.25) is 0 Å². The Hall–Kier alpha value is -3.73. The number of oxazole rings is 1. The molecule has 5 aromatic rings. The van der Waals surface area contributed by atoms with Gasteiger partial charge in [0.2, 0.25) is 0 Å². The van der Waals surface area contributed by atoms with Crippen LogP contribution in [0.1, 0.15) is 31.9 Å². The quantitative estimate of drug-likeness (QED) is 0.299. The van der Waals surface area contributed by atoms with Crippen LogP contribution in [0.15, 0.2) is 82.0 Å². The number of fused-ring (bicyclic) bond motifs is 4. The second-order valence-corrected chi connectivity index (χ2v) is 9.44. The predicted octanol–water partition coefficient (Wildman–Crippen LogP) is 6.55. The summed E-state index contributed by atoms with van der Waals surface area (Å²) in [5.41, 5.74) is 6.41. The Kier molecular flexibility index (Phi) is 4.15. The molecule has 0 radical (unpaired) electrons. The largest absolute Gasteiger partial charge is 0.463 e. The minimum absolute atomic E-state index is 0.0440. The SMILES string of the molecule is Cc1ccc2oc3ccccc3c2c1C(C)(C)N1c2ccccc2N(c2occ[n+]2C)[C@H]1C. The summed E-state index contributed by atoms with van der Waals surface area (Å²) >= 11 is 0. The number of hydrogen-bond donors (Lipinski definition) is 0. The second-order valence-electron chi connectivity index (χ2n) is 9.44. The highest BCUT2D eigenvalue weighted by Gasteiger charge is 2.49. The summed E-state index contributed by atoms with van der Waals surface area (Å²) in [5, 5.41) is 2.36. The number of aromatic nitrogens is 1. The van der Waals surface area contributed by atoms with E-state index in [1.165, 1.54) is 22.2 Å². The van der Waals surface area contributed by atoms with E-state index in [9.17, 15) is 0 Å². The number of rotatable bonds is 3. The van der Waals surface area contributed by atoms with E-state index < -0.39 is 0 Å². The van der Waals surface area contributed by atoms with Crippen LogP contribution in [0.3, 0.4) is 0 Å². The van der Waals surface area contributed by atoms with E-state index in [2.05, 4.69) is 86.0 Å². The number of furan rings is 1. The standard InChI is InChI=1S/C28H28N3O2/c1-18-14-15-24-25(20-10-6-9-13-23(20)33-24)26(18)28(3,4)31-19(2)30(27-29(5)16-17-32-27)21-11-7-8-12-22(21)31/h6-17,19H,1-5H3/q+1/t19-/m1/s1. The van der Waals surface area contributed by atoms with Gasteiger partial charge in [0.15, 0.2) is 11.9 Å². The highest BCUT2D eigenvalue weighted by Crippen LogP contribution is 2.50. The molecule has 6 rings (SSSR count). The highest BCUT2D eigenvalue weighted by molar-refractivity contribution is 6.07. The van der Waals surface area contributed by atoms with Crippen molar-refractivity contribution in [3.63, 3.8) is 0 Å². The van der Waals surface area contributed by atoms with Crippen molar-refractivity contribution in [1.82, 2.24) is 0 Å². The van der Waals surface area contributed by atoms with Crippen molar-refractivity contribution in [2.75, 3.05) is 9.80 Å². The molecular weight excluding hydrogens is 410 g/mol. The Morgan fingerprint density at radius 1 is 0.909 bits per heavy atom. The van der Waals surface area contributed by atoms with Gasteiger partial charge in [0, 0.05) is 10.8 Å². The molecule has 1 aliphatic heterocycles. The van der Waals surface area contributed by atoms with E-state index in [1.54, 1.807) is 6.26 Å². The predicted molar refractivity (Wildman–Crippen MR) is 132 cm³/mol. The van der Waals surface area contributed by atoms with Crippen molar-refractivity contribution in [2.45, 2.75) is 39.4 Å². The first-order valence-corrected chi connectivity index (χ1v) is 11.4. The maximum Gasteiger partial charge on any atom is 0.463 e. The Morgan fingerprint density at radius 2 is 1.64 bits per heavy atom. The fraction of sp³-hybridized carbons (Fsp3) is 0.250. The summed E-state index contributed by atoms with van der Waals surface area (Å²) in [4.78, 5) is 4.79. The summed E-state index contributed by atoms with van der Waals surface area (Å²) in [6.07, 6.45) is 3.73. The van der Waals surface area contributed by atoms with E-state index >= 15 is 0 Å². The third kappa shape index (κ3) is 2.68. The maximum atomic E-state index is 6.25.